The standard InChI is InChI=1S/C25H27FN2O5/c1-25(2,3)33-24(31)28-15-17(19-10-5-6-11-21(19)28)14-20(23(30)32-4)27-22(29)13-16-8-7-9-18(26)12-16/h5-12,15,20H,13-14H2,1-4H3,(H,27,29)/t20-/m1/s1. The summed E-state index contributed by atoms with van der Waals surface area (Å²) >= 11 is 0. The van der Waals surface area contributed by atoms with Gasteiger partial charge in [-0.1, -0.05) is 30.3 Å². The van der Waals surface area contributed by atoms with Crippen LogP contribution in [0.25, 0.3) is 10.9 Å². The first kappa shape index (κ1) is 24.0. The van der Waals surface area contributed by atoms with Gasteiger partial charge in [-0.15, -0.1) is 0 Å². The van der Waals surface area contributed by atoms with Crippen molar-refractivity contribution < 1.29 is 28.2 Å². The molecule has 33 heavy (non-hydrogen) atoms. The van der Waals surface area contributed by atoms with Gasteiger partial charge in [0.05, 0.1) is 19.0 Å². The lowest BCUT2D eigenvalue weighted by atomic mass is 10.0. The van der Waals surface area contributed by atoms with Crippen molar-refractivity contribution in [2.24, 2.45) is 0 Å². The van der Waals surface area contributed by atoms with Gasteiger partial charge in [-0.25, -0.2) is 14.0 Å². The fourth-order valence-electron chi connectivity index (χ4n) is 3.51. The molecule has 0 fully saturated rings. The highest BCUT2D eigenvalue weighted by Gasteiger charge is 2.26. The van der Waals surface area contributed by atoms with Crippen LogP contribution in [0, 0.1) is 5.82 Å². The Kier molecular flexibility index (Phi) is 7.16. The summed E-state index contributed by atoms with van der Waals surface area (Å²) in [6, 6.07) is 11.9. The van der Waals surface area contributed by atoms with Crippen molar-refractivity contribution in [3.8, 4) is 0 Å². The van der Waals surface area contributed by atoms with Crippen LogP contribution in [-0.4, -0.2) is 41.3 Å². The highest BCUT2D eigenvalue weighted by molar-refractivity contribution is 5.93. The molecule has 0 aliphatic heterocycles. The molecule has 0 saturated heterocycles. The minimum absolute atomic E-state index is 0.0923. The number of nitrogens with one attached hydrogen (secondary N) is 1. The predicted octanol–water partition coefficient (Wildman–Crippen LogP) is 4.01. The number of methoxy groups -OCH3 is 1. The molecule has 0 aliphatic rings. The van der Waals surface area contributed by atoms with E-state index in [0.29, 0.717) is 16.6 Å². The van der Waals surface area contributed by atoms with Crippen LogP contribution in [0.2, 0.25) is 0 Å². The molecule has 1 heterocycles. The average Bonchev–Trinajstić information content (AvgIpc) is 3.10. The number of fused-ring (bicyclic) bond motifs is 1. The van der Waals surface area contributed by atoms with Crippen molar-refractivity contribution in [3.05, 3.63) is 71.7 Å². The van der Waals surface area contributed by atoms with Crippen LogP contribution in [0.5, 0.6) is 0 Å². The zero-order chi connectivity index (χ0) is 24.2. The lowest BCUT2D eigenvalue weighted by Crippen LogP contribution is -2.43. The molecule has 0 radical (unpaired) electrons. The number of benzene rings is 2. The SMILES string of the molecule is COC(=O)[C@@H](Cc1cn(C(=O)OC(C)(C)C)c2ccccc12)NC(=O)Cc1cccc(F)c1. The van der Waals surface area contributed by atoms with Gasteiger partial charge in [0, 0.05) is 18.0 Å². The summed E-state index contributed by atoms with van der Waals surface area (Å²) < 4.78 is 25.2. The molecule has 0 unspecified atom stereocenters. The molecule has 1 amide bonds. The summed E-state index contributed by atoms with van der Waals surface area (Å²) in [6.07, 6.45) is 1.06. The Balaban J connectivity index is 1.86. The molecule has 0 saturated carbocycles. The van der Waals surface area contributed by atoms with Gasteiger partial charge in [0.15, 0.2) is 0 Å². The molecular weight excluding hydrogens is 427 g/mol. The Morgan fingerprint density at radius 2 is 1.82 bits per heavy atom. The predicted molar refractivity (Wildman–Crippen MR) is 121 cm³/mol. The molecular formula is C25H27FN2O5. The maximum Gasteiger partial charge on any atom is 0.419 e. The number of para-hydroxylation sites is 1. The molecule has 1 aromatic heterocycles. The normalized spacial score (nSPS) is 12.3. The molecule has 2 aromatic carbocycles. The van der Waals surface area contributed by atoms with E-state index in [1.54, 1.807) is 45.2 Å². The number of hydrogen-bond acceptors (Lipinski definition) is 5. The molecule has 1 N–H and O–H groups in total. The van der Waals surface area contributed by atoms with E-state index in [1.807, 2.05) is 12.1 Å². The number of carbonyl (C=O) groups excluding carboxylic acids is 3. The number of rotatable bonds is 6. The summed E-state index contributed by atoms with van der Waals surface area (Å²) in [5, 5.41) is 3.41. The van der Waals surface area contributed by atoms with Crippen LogP contribution in [0.3, 0.4) is 0 Å². The van der Waals surface area contributed by atoms with Crippen molar-refractivity contribution in [1.29, 1.82) is 0 Å². The molecule has 0 bridgehead atoms. The summed E-state index contributed by atoms with van der Waals surface area (Å²) in [5.41, 5.74) is 1.09. The number of ether oxygens (including phenoxy) is 2. The van der Waals surface area contributed by atoms with Gasteiger partial charge in [0.25, 0.3) is 0 Å². The maximum absolute atomic E-state index is 13.4. The van der Waals surface area contributed by atoms with Crippen LogP contribution < -0.4 is 5.32 Å². The third-order valence-corrected chi connectivity index (χ3v) is 4.88. The quantitative estimate of drug-likeness (QED) is 0.569. The Morgan fingerprint density at radius 1 is 1.09 bits per heavy atom. The maximum atomic E-state index is 13.4. The summed E-state index contributed by atoms with van der Waals surface area (Å²) in [4.78, 5) is 37.7. The minimum atomic E-state index is -0.992. The smallest absolute Gasteiger partial charge is 0.419 e. The molecule has 8 heteroatoms. The molecule has 1 atom stereocenters. The highest BCUT2D eigenvalue weighted by atomic mass is 19.1. The molecule has 7 nitrogen and oxygen atoms in total. The minimum Gasteiger partial charge on any atom is -0.467 e. The fraction of sp³-hybridized carbons (Fsp3) is 0.320. The van der Waals surface area contributed by atoms with Gasteiger partial charge in [-0.3, -0.25) is 9.36 Å². The highest BCUT2D eigenvalue weighted by Crippen LogP contribution is 2.24. The van der Waals surface area contributed by atoms with E-state index in [0.717, 1.165) is 5.39 Å². The van der Waals surface area contributed by atoms with E-state index in [2.05, 4.69) is 5.32 Å². The number of hydrogen-bond donors (Lipinski definition) is 1. The Hall–Kier alpha value is -3.68. The van der Waals surface area contributed by atoms with Gasteiger partial charge in [-0.05, 0) is 50.1 Å². The molecule has 0 spiro atoms. The second-order valence-electron chi connectivity index (χ2n) is 8.68. The third-order valence-electron chi connectivity index (χ3n) is 4.88. The molecule has 3 rings (SSSR count). The number of carbonyl (C=O) groups is 3. The van der Waals surface area contributed by atoms with E-state index < -0.39 is 35.4 Å². The number of halogens is 1. The van der Waals surface area contributed by atoms with Crippen LogP contribution in [0.4, 0.5) is 9.18 Å². The second-order valence-corrected chi connectivity index (χ2v) is 8.68. The van der Waals surface area contributed by atoms with E-state index >= 15 is 0 Å². The summed E-state index contributed by atoms with van der Waals surface area (Å²) in [7, 11) is 1.23. The molecule has 174 valence electrons. The number of amides is 1. The summed E-state index contributed by atoms with van der Waals surface area (Å²) in [5.74, 6) is -1.52. The first-order chi connectivity index (χ1) is 15.6. The zero-order valence-electron chi connectivity index (χ0n) is 19.1. The largest absolute Gasteiger partial charge is 0.467 e. The van der Waals surface area contributed by atoms with Crippen LogP contribution in [0.15, 0.2) is 54.7 Å². The Bertz CT molecular complexity index is 1180. The Morgan fingerprint density at radius 3 is 2.48 bits per heavy atom. The van der Waals surface area contributed by atoms with Crippen molar-refractivity contribution in [3.63, 3.8) is 0 Å². The Labute approximate surface area is 191 Å². The van der Waals surface area contributed by atoms with Crippen molar-refractivity contribution in [2.75, 3.05) is 7.11 Å². The number of aromatic nitrogens is 1. The number of nitrogens with zero attached hydrogens (tertiary/aromatic N) is 1. The molecule has 0 aliphatic carbocycles. The van der Waals surface area contributed by atoms with Gasteiger partial charge < -0.3 is 14.8 Å². The monoisotopic (exact) mass is 454 g/mol. The van der Waals surface area contributed by atoms with Crippen molar-refractivity contribution >= 4 is 28.9 Å². The second kappa shape index (κ2) is 9.85. The van der Waals surface area contributed by atoms with Gasteiger partial charge >= 0.3 is 12.1 Å². The van der Waals surface area contributed by atoms with E-state index in [9.17, 15) is 18.8 Å². The topological polar surface area (TPSA) is 86.6 Å². The van der Waals surface area contributed by atoms with Gasteiger partial charge in [0.1, 0.15) is 17.5 Å². The van der Waals surface area contributed by atoms with Gasteiger partial charge in [-0.2, -0.15) is 0 Å². The summed E-state index contributed by atoms with van der Waals surface area (Å²) in [6.45, 7) is 5.33. The molecule has 3 aromatic rings. The zero-order valence-corrected chi connectivity index (χ0v) is 19.1. The first-order valence-corrected chi connectivity index (χ1v) is 10.5. The van der Waals surface area contributed by atoms with E-state index in [4.69, 9.17) is 9.47 Å². The average molecular weight is 454 g/mol. The van der Waals surface area contributed by atoms with Crippen LogP contribution in [0.1, 0.15) is 31.9 Å². The van der Waals surface area contributed by atoms with E-state index in [-0.39, 0.29) is 12.8 Å². The third kappa shape index (κ3) is 6.19. The lowest BCUT2D eigenvalue weighted by molar-refractivity contribution is -0.145. The number of esters is 1. The fourth-order valence-corrected chi connectivity index (χ4v) is 3.51. The first-order valence-electron chi connectivity index (χ1n) is 10.5. The van der Waals surface area contributed by atoms with Crippen molar-refractivity contribution in [2.45, 2.75) is 45.3 Å². The van der Waals surface area contributed by atoms with Crippen LogP contribution >= 0.6 is 0 Å². The van der Waals surface area contributed by atoms with Crippen LogP contribution in [-0.2, 0) is 31.9 Å². The van der Waals surface area contributed by atoms with Gasteiger partial charge in [0.2, 0.25) is 5.91 Å². The lowest BCUT2D eigenvalue weighted by Gasteiger charge is -2.19. The van der Waals surface area contributed by atoms with E-state index in [1.165, 1.54) is 29.9 Å². The van der Waals surface area contributed by atoms with Crippen molar-refractivity contribution in [1.82, 2.24) is 9.88 Å².